The van der Waals surface area contributed by atoms with Gasteiger partial charge in [0.05, 0.1) is 17.9 Å². The lowest BCUT2D eigenvalue weighted by molar-refractivity contribution is -0.146. The molecule has 29 heavy (non-hydrogen) atoms. The zero-order chi connectivity index (χ0) is 20.5. The van der Waals surface area contributed by atoms with Crippen LogP contribution in [0.4, 0.5) is 17.2 Å². The SMILES string of the molecule is Cc1cc(NC(=O)C(=O)N2C[C@H](C)CC[C@H]2c2cccc3c2CCN3)cnc1N. The van der Waals surface area contributed by atoms with Crippen LogP contribution in [0.1, 0.15) is 42.5 Å². The minimum Gasteiger partial charge on any atom is -0.384 e. The molecule has 2 atom stereocenters. The molecule has 0 radical (unpaired) electrons. The molecule has 0 bridgehead atoms. The van der Waals surface area contributed by atoms with E-state index in [1.165, 1.54) is 11.8 Å². The minimum atomic E-state index is -0.638. The van der Waals surface area contributed by atoms with Gasteiger partial charge in [-0.15, -0.1) is 0 Å². The predicted octanol–water partition coefficient (Wildman–Crippen LogP) is 2.88. The highest BCUT2D eigenvalue weighted by Gasteiger charge is 2.36. The molecule has 0 saturated carbocycles. The number of likely N-dealkylation sites (tertiary alicyclic amines) is 1. The van der Waals surface area contributed by atoms with Crippen LogP contribution in [0.3, 0.4) is 0 Å². The van der Waals surface area contributed by atoms with E-state index in [9.17, 15) is 9.59 Å². The number of aryl methyl sites for hydroxylation is 1. The van der Waals surface area contributed by atoms with Gasteiger partial charge in [-0.05, 0) is 60.9 Å². The number of piperidine rings is 1. The quantitative estimate of drug-likeness (QED) is 0.681. The molecule has 0 spiro atoms. The minimum absolute atomic E-state index is 0.0782. The Morgan fingerprint density at radius 1 is 1.31 bits per heavy atom. The second-order valence-electron chi connectivity index (χ2n) is 8.09. The molecule has 4 N–H and O–H groups in total. The van der Waals surface area contributed by atoms with Gasteiger partial charge in [-0.2, -0.15) is 0 Å². The number of carbonyl (C=O) groups excluding carboxylic acids is 2. The lowest BCUT2D eigenvalue weighted by Crippen LogP contribution is -2.46. The van der Waals surface area contributed by atoms with Crippen LogP contribution in [-0.4, -0.2) is 34.8 Å². The van der Waals surface area contributed by atoms with E-state index in [0.717, 1.165) is 42.6 Å². The number of hydrogen-bond acceptors (Lipinski definition) is 5. The summed E-state index contributed by atoms with van der Waals surface area (Å²) in [7, 11) is 0. The molecule has 0 aliphatic carbocycles. The van der Waals surface area contributed by atoms with Gasteiger partial charge in [-0.3, -0.25) is 9.59 Å². The normalized spacial score (nSPS) is 20.7. The number of anilines is 3. The number of nitrogens with two attached hydrogens (primary N) is 1. The first-order valence-corrected chi connectivity index (χ1v) is 10.1. The van der Waals surface area contributed by atoms with E-state index in [0.29, 0.717) is 24.0 Å². The van der Waals surface area contributed by atoms with Crippen molar-refractivity contribution in [2.45, 2.75) is 39.2 Å². The number of fused-ring (bicyclic) bond motifs is 1. The molecule has 2 aliphatic rings. The van der Waals surface area contributed by atoms with Crippen molar-refractivity contribution in [3.63, 3.8) is 0 Å². The summed E-state index contributed by atoms with van der Waals surface area (Å²) in [6.07, 6.45) is 4.31. The molecule has 2 amide bonds. The third-order valence-corrected chi connectivity index (χ3v) is 5.91. The van der Waals surface area contributed by atoms with Crippen LogP contribution in [0.15, 0.2) is 30.5 Å². The molecule has 2 aromatic rings. The van der Waals surface area contributed by atoms with Gasteiger partial charge < -0.3 is 21.3 Å². The number of carbonyl (C=O) groups is 2. The topological polar surface area (TPSA) is 100 Å². The fraction of sp³-hybridized carbons (Fsp3) is 0.409. The van der Waals surface area contributed by atoms with Gasteiger partial charge in [0.2, 0.25) is 0 Å². The zero-order valence-corrected chi connectivity index (χ0v) is 16.9. The number of nitrogens with one attached hydrogen (secondary N) is 2. The van der Waals surface area contributed by atoms with Crippen LogP contribution in [0, 0.1) is 12.8 Å². The molecule has 3 heterocycles. The molecule has 7 nitrogen and oxygen atoms in total. The maximum atomic E-state index is 13.1. The number of pyridine rings is 1. The van der Waals surface area contributed by atoms with Crippen LogP contribution >= 0.6 is 0 Å². The van der Waals surface area contributed by atoms with Gasteiger partial charge in [0.1, 0.15) is 5.82 Å². The molecule has 152 valence electrons. The van der Waals surface area contributed by atoms with Crippen molar-refractivity contribution in [2.75, 3.05) is 29.5 Å². The first-order chi connectivity index (χ1) is 13.9. The maximum Gasteiger partial charge on any atom is 0.313 e. The van der Waals surface area contributed by atoms with Crippen LogP contribution in [0.2, 0.25) is 0 Å². The second kappa shape index (κ2) is 7.73. The Kier molecular flexibility index (Phi) is 5.13. The summed E-state index contributed by atoms with van der Waals surface area (Å²) in [5.74, 6) is -0.371. The summed E-state index contributed by atoms with van der Waals surface area (Å²) < 4.78 is 0. The molecule has 2 aliphatic heterocycles. The summed E-state index contributed by atoms with van der Waals surface area (Å²) in [4.78, 5) is 31.7. The van der Waals surface area contributed by atoms with Crippen LogP contribution < -0.4 is 16.4 Å². The second-order valence-corrected chi connectivity index (χ2v) is 8.09. The maximum absolute atomic E-state index is 13.1. The van der Waals surface area contributed by atoms with Crippen molar-refractivity contribution < 1.29 is 9.59 Å². The molecule has 7 heteroatoms. The van der Waals surface area contributed by atoms with E-state index in [2.05, 4.69) is 34.7 Å². The van der Waals surface area contributed by atoms with Gasteiger partial charge >= 0.3 is 11.8 Å². The summed E-state index contributed by atoms with van der Waals surface area (Å²) in [5.41, 5.74) is 10.5. The first-order valence-electron chi connectivity index (χ1n) is 10.1. The number of aromatic nitrogens is 1. The summed E-state index contributed by atoms with van der Waals surface area (Å²) in [5, 5.41) is 6.08. The summed E-state index contributed by atoms with van der Waals surface area (Å²) in [6.45, 7) is 5.42. The number of nitrogens with zero attached hydrogens (tertiary/aromatic N) is 2. The summed E-state index contributed by atoms with van der Waals surface area (Å²) >= 11 is 0. The van der Waals surface area contributed by atoms with Crippen molar-refractivity contribution in [3.8, 4) is 0 Å². The first kappa shape index (κ1) is 19.2. The fourth-order valence-corrected chi connectivity index (χ4v) is 4.35. The lowest BCUT2D eigenvalue weighted by atomic mass is 9.87. The lowest BCUT2D eigenvalue weighted by Gasteiger charge is -2.39. The van der Waals surface area contributed by atoms with Crippen molar-refractivity contribution >= 4 is 29.0 Å². The standard InChI is InChI=1S/C22H27N5O2/c1-13-6-7-19(17-4-3-5-18-16(17)8-9-24-18)27(12-13)22(29)21(28)26-15-10-14(2)20(23)25-11-15/h3-5,10-11,13,19,24H,6-9,12H2,1-2H3,(H2,23,25)(H,26,28)/t13-,19+/m1/s1. The number of amides is 2. The highest BCUT2D eigenvalue weighted by molar-refractivity contribution is 6.39. The van der Waals surface area contributed by atoms with E-state index in [-0.39, 0.29) is 6.04 Å². The molecule has 1 aromatic carbocycles. The van der Waals surface area contributed by atoms with Gasteiger partial charge in [-0.1, -0.05) is 19.1 Å². The van der Waals surface area contributed by atoms with Gasteiger partial charge in [-0.25, -0.2) is 4.98 Å². The summed E-state index contributed by atoms with van der Waals surface area (Å²) in [6, 6.07) is 7.84. The van der Waals surface area contributed by atoms with E-state index >= 15 is 0 Å². The molecular formula is C22H27N5O2. The van der Waals surface area contributed by atoms with Crippen molar-refractivity contribution in [1.82, 2.24) is 9.88 Å². The molecule has 4 rings (SSSR count). The smallest absolute Gasteiger partial charge is 0.313 e. The van der Waals surface area contributed by atoms with Crippen molar-refractivity contribution in [2.24, 2.45) is 5.92 Å². The molecule has 1 fully saturated rings. The average molecular weight is 393 g/mol. The molecule has 1 aromatic heterocycles. The third kappa shape index (κ3) is 3.77. The largest absolute Gasteiger partial charge is 0.384 e. The van der Waals surface area contributed by atoms with E-state index in [1.807, 2.05) is 13.0 Å². The van der Waals surface area contributed by atoms with Crippen LogP contribution in [0.5, 0.6) is 0 Å². The number of hydrogen-bond donors (Lipinski definition) is 3. The third-order valence-electron chi connectivity index (χ3n) is 5.91. The Balaban J connectivity index is 1.58. The number of nitrogen functional groups attached to an aromatic ring is 1. The Morgan fingerprint density at radius 2 is 2.14 bits per heavy atom. The van der Waals surface area contributed by atoms with Gasteiger partial charge in [0.25, 0.3) is 0 Å². The average Bonchev–Trinajstić information content (AvgIpc) is 3.19. The van der Waals surface area contributed by atoms with Crippen LogP contribution in [0.25, 0.3) is 0 Å². The van der Waals surface area contributed by atoms with Crippen molar-refractivity contribution in [3.05, 3.63) is 47.2 Å². The number of rotatable bonds is 2. The van der Waals surface area contributed by atoms with E-state index in [4.69, 9.17) is 5.73 Å². The Bertz CT molecular complexity index is 958. The van der Waals surface area contributed by atoms with Gasteiger partial charge in [0.15, 0.2) is 0 Å². The molecular weight excluding hydrogens is 366 g/mol. The van der Waals surface area contributed by atoms with Crippen molar-refractivity contribution in [1.29, 1.82) is 0 Å². The van der Waals surface area contributed by atoms with E-state index in [1.54, 1.807) is 11.0 Å². The Hall–Kier alpha value is -3.09. The number of benzene rings is 1. The highest BCUT2D eigenvalue weighted by Crippen LogP contribution is 2.38. The fourth-order valence-electron chi connectivity index (χ4n) is 4.35. The monoisotopic (exact) mass is 393 g/mol. The molecule has 1 saturated heterocycles. The van der Waals surface area contributed by atoms with Gasteiger partial charge in [0, 0.05) is 18.8 Å². The highest BCUT2D eigenvalue weighted by atomic mass is 16.2. The molecule has 0 unspecified atom stereocenters. The zero-order valence-electron chi connectivity index (χ0n) is 16.9. The Labute approximate surface area is 170 Å². The van der Waals surface area contributed by atoms with E-state index < -0.39 is 11.8 Å². The Morgan fingerprint density at radius 3 is 2.93 bits per heavy atom. The predicted molar refractivity (Wildman–Crippen MR) is 114 cm³/mol. The van der Waals surface area contributed by atoms with Crippen LogP contribution in [-0.2, 0) is 16.0 Å².